The summed E-state index contributed by atoms with van der Waals surface area (Å²) in [6.45, 7) is 1.73. The maximum absolute atomic E-state index is 12.5. The molecule has 146 valence electrons. The van der Waals surface area contributed by atoms with E-state index in [1.54, 1.807) is 54.9 Å². The predicted octanol–water partition coefficient (Wildman–Crippen LogP) is 2.62. The van der Waals surface area contributed by atoms with Gasteiger partial charge in [-0.25, -0.2) is 4.98 Å². The average Bonchev–Trinajstić information content (AvgIpc) is 2.72. The first-order valence-corrected chi connectivity index (χ1v) is 8.84. The molecule has 2 aromatic heterocycles. The Labute approximate surface area is 167 Å². The Hall–Kier alpha value is -4.07. The summed E-state index contributed by atoms with van der Waals surface area (Å²) < 4.78 is 0. The first-order valence-electron chi connectivity index (χ1n) is 8.84. The number of nitrogens with zero attached hydrogens (tertiary/aromatic N) is 2. The molecule has 0 aliphatic carbocycles. The number of rotatable bonds is 6. The van der Waals surface area contributed by atoms with Crippen molar-refractivity contribution in [3.63, 3.8) is 0 Å². The minimum atomic E-state index is -0.464. The largest absolute Gasteiger partial charge is 0.347 e. The summed E-state index contributed by atoms with van der Waals surface area (Å²) in [5.41, 5.74) is 2.20. The fourth-order valence-corrected chi connectivity index (χ4v) is 2.53. The minimum Gasteiger partial charge on any atom is -0.347 e. The summed E-state index contributed by atoms with van der Waals surface area (Å²) in [7, 11) is 0. The van der Waals surface area contributed by atoms with E-state index in [1.807, 2.05) is 0 Å². The standard InChI is InChI=1S/C21H19N5O3/c1-14(27)24-16-4-2-5-17(12-16)25-21(29)19-7-3-6-18(26-19)20(28)23-13-15-8-10-22-11-9-15/h2-12H,13H2,1H3,(H,23,28)(H,24,27)(H,25,29). The summed E-state index contributed by atoms with van der Waals surface area (Å²) in [6, 6.07) is 15.0. The monoisotopic (exact) mass is 389 g/mol. The van der Waals surface area contributed by atoms with Gasteiger partial charge in [-0.2, -0.15) is 0 Å². The fraction of sp³-hybridized carbons (Fsp3) is 0.0952. The number of hydrogen-bond acceptors (Lipinski definition) is 5. The van der Waals surface area contributed by atoms with Crippen LogP contribution < -0.4 is 16.0 Å². The van der Waals surface area contributed by atoms with Crippen LogP contribution >= 0.6 is 0 Å². The van der Waals surface area contributed by atoms with Crippen LogP contribution in [0.3, 0.4) is 0 Å². The highest BCUT2D eigenvalue weighted by Crippen LogP contribution is 2.16. The topological polar surface area (TPSA) is 113 Å². The van der Waals surface area contributed by atoms with Crippen molar-refractivity contribution in [1.82, 2.24) is 15.3 Å². The molecular formula is C21H19N5O3. The molecule has 3 aromatic rings. The van der Waals surface area contributed by atoms with Crippen LogP contribution in [0.4, 0.5) is 11.4 Å². The van der Waals surface area contributed by atoms with Gasteiger partial charge in [-0.05, 0) is 48.0 Å². The Morgan fingerprint density at radius 2 is 1.45 bits per heavy atom. The van der Waals surface area contributed by atoms with Gasteiger partial charge in [0.15, 0.2) is 0 Å². The number of carbonyl (C=O) groups is 3. The zero-order valence-corrected chi connectivity index (χ0v) is 15.7. The highest BCUT2D eigenvalue weighted by atomic mass is 16.2. The molecule has 0 radical (unpaired) electrons. The molecular weight excluding hydrogens is 370 g/mol. The molecule has 8 heteroatoms. The molecule has 0 aliphatic heterocycles. The van der Waals surface area contributed by atoms with Gasteiger partial charge in [-0.15, -0.1) is 0 Å². The van der Waals surface area contributed by atoms with Crippen molar-refractivity contribution < 1.29 is 14.4 Å². The van der Waals surface area contributed by atoms with E-state index in [0.717, 1.165) is 5.56 Å². The molecule has 0 bridgehead atoms. The molecule has 0 saturated carbocycles. The second kappa shape index (κ2) is 9.23. The van der Waals surface area contributed by atoms with Crippen LogP contribution in [0.5, 0.6) is 0 Å². The van der Waals surface area contributed by atoms with Crippen molar-refractivity contribution in [2.24, 2.45) is 0 Å². The molecule has 0 spiro atoms. The van der Waals surface area contributed by atoms with Crippen LogP contribution in [0.25, 0.3) is 0 Å². The fourth-order valence-electron chi connectivity index (χ4n) is 2.53. The highest BCUT2D eigenvalue weighted by Gasteiger charge is 2.13. The smallest absolute Gasteiger partial charge is 0.274 e. The van der Waals surface area contributed by atoms with Crippen molar-refractivity contribution in [3.8, 4) is 0 Å². The Morgan fingerprint density at radius 1 is 0.828 bits per heavy atom. The molecule has 1 aromatic carbocycles. The van der Waals surface area contributed by atoms with E-state index in [0.29, 0.717) is 17.9 Å². The number of amides is 3. The molecule has 3 rings (SSSR count). The second-order valence-corrected chi connectivity index (χ2v) is 6.16. The molecule has 0 saturated heterocycles. The summed E-state index contributed by atoms with van der Waals surface area (Å²) in [4.78, 5) is 44.1. The van der Waals surface area contributed by atoms with Crippen molar-refractivity contribution in [2.75, 3.05) is 10.6 Å². The Morgan fingerprint density at radius 3 is 2.14 bits per heavy atom. The van der Waals surface area contributed by atoms with Crippen LogP contribution in [0.1, 0.15) is 33.5 Å². The van der Waals surface area contributed by atoms with Gasteiger partial charge in [-0.1, -0.05) is 12.1 Å². The highest BCUT2D eigenvalue weighted by molar-refractivity contribution is 6.04. The Bertz CT molecular complexity index is 1040. The third kappa shape index (κ3) is 5.70. The van der Waals surface area contributed by atoms with Crippen LogP contribution in [-0.4, -0.2) is 27.7 Å². The van der Waals surface area contributed by atoms with E-state index >= 15 is 0 Å². The van der Waals surface area contributed by atoms with Crippen molar-refractivity contribution in [3.05, 3.63) is 83.9 Å². The third-order valence-electron chi connectivity index (χ3n) is 3.86. The van der Waals surface area contributed by atoms with Crippen LogP contribution in [0.15, 0.2) is 67.0 Å². The maximum Gasteiger partial charge on any atom is 0.274 e. The van der Waals surface area contributed by atoms with Crippen LogP contribution in [0, 0.1) is 0 Å². The molecule has 8 nitrogen and oxygen atoms in total. The third-order valence-corrected chi connectivity index (χ3v) is 3.86. The molecule has 0 fully saturated rings. The Balaban J connectivity index is 1.66. The van der Waals surface area contributed by atoms with Crippen LogP contribution in [-0.2, 0) is 11.3 Å². The number of benzene rings is 1. The average molecular weight is 389 g/mol. The molecule has 29 heavy (non-hydrogen) atoms. The van der Waals surface area contributed by atoms with Crippen molar-refractivity contribution in [2.45, 2.75) is 13.5 Å². The van der Waals surface area contributed by atoms with Crippen molar-refractivity contribution >= 4 is 29.1 Å². The first kappa shape index (κ1) is 19.7. The summed E-state index contributed by atoms with van der Waals surface area (Å²) >= 11 is 0. The number of anilines is 2. The van der Waals surface area contributed by atoms with E-state index in [4.69, 9.17) is 0 Å². The number of carbonyl (C=O) groups excluding carboxylic acids is 3. The zero-order valence-electron chi connectivity index (χ0n) is 15.7. The van der Waals surface area contributed by atoms with Gasteiger partial charge < -0.3 is 16.0 Å². The van der Waals surface area contributed by atoms with Crippen molar-refractivity contribution in [1.29, 1.82) is 0 Å². The second-order valence-electron chi connectivity index (χ2n) is 6.16. The summed E-state index contributed by atoms with van der Waals surface area (Å²) in [5.74, 6) is -1.06. The number of hydrogen-bond donors (Lipinski definition) is 3. The lowest BCUT2D eigenvalue weighted by Gasteiger charge is -2.09. The first-order chi connectivity index (χ1) is 14.0. The van der Waals surface area contributed by atoms with Gasteiger partial charge in [0, 0.05) is 37.2 Å². The molecule has 3 N–H and O–H groups in total. The van der Waals surface area contributed by atoms with Gasteiger partial charge in [0.25, 0.3) is 11.8 Å². The zero-order chi connectivity index (χ0) is 20.6. The lowest BCUT2D eigenvalue weighted by molar-refractivity contribution is -0.114. The number of pyridine rings is 2. The summed E-state index contributed by atoms with van der Waals surface area (Å²) in [5, 5.41) is 8.11. The van der Waals surface area contributed by atoms with Gasteiger partial charge in [-0.3, -0.25) is 19.4 Å². The van der Waals surface area contributed by atoms with E-state index in [-0.39, 0.29) is 23.2 Å². The van der Waals surface area contributed by atoms with E-state index in [1.165, 1.54) is 19.1 Å². The molecule has 2 heterocycles. The van der Waals surface area contributed by atoms with Gasteiger partial charge in [0.05, 0.1) is 0 Å². The van der Waals surface area contributed by atoms with Gasteiger partial charge in [0.2, 0.25) is 5.91 Å². The molecule has 0 atom stereocenters. The molecule has 3 amide bonds. The van der Waals surface area contributed by atoms with Gasteiger partial charge in [0.1, 0.15) is 11.4 Å². The van der Waals surface area contributed by atoms with Crippen LogP contribution in [0.2, 0.25) is 0 Å². The van der Waals surface area contributed by atoms with E-state index in [2.05, 4.69) is 25.9 Å². The molecule has 0 unspecified atom stereocenters. The maximum atomic E-state index is 12.5. The lowest BCUT2D eigenvalue weighted by Crippen LogP contribution is -2.25. The molecule has 0 aliphatic rings. The van der Waals surface area contributed by atoms with E-state index in [9.17, 15) is 14.4 Å². The minimum absolute atomic E-state index is 0.103. The number of nitrogens with one attached hydrogen (secondary N) is 3. The SMILES string of the molecule is CC(=O)Nc1cccc(NC(=O)c2cccc(C(=O)NCc3ccncc3)n2)c1. The van der Waals surface area contributed by atoms with Gasteiger partial charge >= 0.3 is 0 Å². The van der Waals surface area contributed by atoms with E-state index < -0.39 is 5.91 Å². The number of aromatic nitrogens is 2. The summed E-state index contributed by atoms with van der Waals surface area (Å²) in [6.07, 6.45) is 3.29. The lowest BCUT2D eigenvalue weighted by atomic mass is 10.2. The quantitative estimate of drug-likeness (QED) is 0.600. The normalized spacial score (nSPS) is 10.1. The predicted molar refractivity (Wildman–Crippen MR) is 108 cm³/mol. The Kier molecular flexibility index (Phi) is 6.26.